The van der Waals surface area contributed by atoms with E-state index < -0.39 is 0 Å². The number of benzene rings is 1. The fourth-order valence-electron chi connectivity index (χ4n) is 4.53. The summed E-state index contributed by atoms with van der Waals surface area (Å²) in [5, 5.41) is 0. The summed E-state index contributed by atoms with van der Waals surface area (Å²) in [4.78, 5) is 14.9. The molecule has 0 spiro atoms. The average molecular weight is 299 g/mol. The molecule has 0 radical (unpaired) electrons. The van der Waals surface area contributed by atoms with E-state index >= 15 is 0 Å². The van der Waals surface area contributed by atoms with Crippen molar-refractivity contribution in [3.8, 4) is 5.75 Å². The Bertz CT molecular complexity index is 609. The lowest BCUT2D eigenvalue weighted by atomic mass is 9.98. The SMILES string of the molecule is CC1(C)CN(C(=O)CC23CCCC2C3)Cc2ccccc2O1. The van der Waals surface area contributed by atoms with E-state index in [0.29, 0.717) is 24.4 Å². The molecule has 2 unspecified atom stereocenters. The molecule has 0 aromatic heterocycles. The van der Waals surface area contributed by atoms with Crippen LogP contribution in [0, 0.1) is 11.3 Å². The van der Waals surface area contributed by atoms with E-state index in [0.717, 1.165) is 23.7 Å². The Morgan fingerprint density at radius 2 is 2.18 bits per heavy atom. The second kappa shape index (κ2) is 4.74. The monoisotopic (exact) mass is 299 g/mol. The third-order valence-corrected chi connectivity index (χ3v) is 5.73. The number of nitrogens with zero attached hydrogens (tertiary/aromatic N) is 1. The van der Waals surface area contributed by atoms with Gasteiger partial charge in [-0.05, 0) is 50.5 Å². The van der Waals surface area contributed by atoms with E-state index in [1.165, 1.54) is 25.7 Å². The van der Waals surface area contributed by atoms with Gasteiger partial charge < -0.3 is 9.64 Å². The van der Waals surface area contributed by atoms with Crippen molar-refractivity contribution in [2.45, 2.75) is 58.1 Å². The number of ether oxygens (including phenoxy) is 1. The van der Waals surface area contributed by atoms with E-state index in [2.05, 4.69) is 19.9 Å². The summed E-state index contributed by atoms with van der Waals surface area (Å²) in [7, 11) is 0. The Morgan fingerprint density at radius 3 is 2.91 bits per heavy atom. The van der Waals surface area contributed by atoms with Gasteiger partial charge in [-0.3, -0.25) is 4.79 Å². The van der Waals surface area contributed by atoms with E-state index in [1.54, 1.807) is 0 Å². The first-order valence-electron chi connectivity index (χ1n) is 8.52. The Morgan fingerprint density at radius 1 is 1.36 bits per heavy atom. The molecule has 2 atom stereocenters. The molecule has 1 heterocycles. The van der Waals surface area contributed by atoms with Gasteiger partial charge >= 0.3 is 0 Å². The first-order chi connectivity index (χ1) is 10.5. The standard InChI is InChI=1S/C19H25NO2/c1-18(2)13-20(12-14-6-3-4-8-16(14)22-18)17(21)11-19-9-5-7-15(19)10-19/h3-4,6,8,15H,5,7,9-13H2,1-2H3. The molecule has 2 saturated carbocycles. The molecule has 1 amide bonds. The zero-order chi connectivity index (χ0) is 15.4. The molecule has 1 aromatic carbocycles. The highest BCUT2D eigenvalue weighted by atomic mass is 16.5. The molecule has 1 aliphatic heterocycles. The maximum atomic E-state index is 12.9. The minimum absolute atomic E-state index is 0.317. The number of carbonyl (C=O) groups is 1. The van der Waals surface area contributed by atoms with Gasteiger partial charge in [0.1, 0.15) is 11.4 Å². The van der Waals surface area contributed by atoms with E-state index in [1.807, 2.05) is 23.1 Å². The molecule has 118 valence electrons. The van der Waals surface area contributed by atoms with E-state index in [4.69, 9.17) is 4.74 Å². The molecule has 3 nitrogen and oxygen atoms in total. The third-order valence-electron chi connectivity index (χ3n) is 5.73. The lowest BCUT2D eigenvalue weighted by Crippen LogP contribution is -2.43. The topological polar surface area (TPSA) is 29.5 Å². The first kappa shape index (κ1) is 14.1. The highest BCUT2D eigenvalue weighted by Crippen LogP contribution is 2.65. The lowest BCUT2D eigenvalue weighted by Gasteiger charge is -2.30. The molecule has 2 fully saturated rings. The molecule has 22 heavy (non-hydrogen) atoms. The van der Waals surface area contributed by atoms with Crippen LogP contribution in [-0.2, 0) is 11.3 Å². The van der Waals surface area contributed by atoms with Crippen molar-refractivity contribution in [1.29, 1.82) is 0 Å². The molecule has 0 N–H and O–H groups in total. The normalized spacial score (nSPS) is 31.7. The van der Waals surface area contributed by atoms with E-state index in [-0.39, 0.29) is 5.60 Å². The van der Waals surface area contributed by atoms with Gasteiger partial charge in [-0.15, -0.1) is 0 Å². The first-order valence-corrected chi connectivity index (χ1v) is 8.52. The predicted molar refractivity (Wildman–Crippen MR) is 85.6 cm³/mol. The maximum Gasteiger partial charge on any atom is 0.223 e. The van der Waals surface area contributed by atoms with Crippen LogP contribution < -0.4 is 4.74 Å². The van der Waals surface area contributed by atoms with Crippen molar-refractivity contribution in [3.05, 3.63) is 29.8 Å². The zero-order valence-electron chi connectivity index (χ0n) is 13.6. The number of fused-ring (bicyclic) bond motifs is 2. The van der Waals surface area contributed by atoms with Crippen molar-refractivity contribution < 1.29 is 9.53 Å². The van der Waals surface area contributed by atoms with Crippen LogP contribution in [0.3, 0.4) is 0 Å². The third kappa shape index (κ3) is 2.41. The average Bonchev–Trinajstić information content (AvgIpc) is 3.03. The van der Waals surface area contributed by atoms with Crippen LogP contribution in [0.4, 0.5) is 0 Å². The van der Waals surface area contributed by atoms with Gasteiger partial charge in [0.2, 0.25) is 5.91 Å². The number of rotatable bonds is 2. The van der Waals surface area contributed by atoms with Crippen LogP contribution in [0.25, 0.3) is 0 Å². The smallest absolute Gasteiger partial charge is 0.223 e. The quantitative estimate of drug-likeness (QED) is 0.832. The fourth-order valence-corrected chi connectivity index (χ4v) is 4.53. The van der Waals surface area contributed by atoms with Crippen molar-refractivity contribution in [1.82, 2.24) is 4.90 Å². The van der Waals surface area contributed by atoms with Gasteiger partial charge in [0.15, 0.2) is 0 Å². The molecular weight excluding hydrogens is 274 g/mol. The summed E-state index contributed by atoms with van der Waals surface area (Å²) in [5.74, 6) is 2.07. The minimum atomic E-state index is -0.335. The van der Waals surface area contributed by atoms with Crippen LogP contribution >= 0.6 is 0 Å². The van der Waals surface area contributed by atoms with Crippen LogP contribution in [0.1, 0.15) is 51.5 Å². The van der Waals surface area contributed by atoms with Crippen molar-refractivity contribution in [2.24, 2.45) is 11.3 Å². The van der Waals surface area contributed by atoms with Crippen LogP contribution in [0.15, 0.2) is 24.3 Å². The Hall–Kier alpha value is -1.51. The molecule has 3 aliphatic rings. The van der Waals surface area contributed by atoms with Gasteiger partial charge in [-0.2, -0.15) is 0 Å². The van der Waals surface area contributed by atoms with Crippen molar-refractivity contribution in [3.63, 3.8) is 0 Å². The summed E-state index contributed by atoms with van der Waals surface area (Å²) < 4.78 is 6.14. The van der Waals surface area contributed by atoms with Crippen LogP contribution in [-0.4, -0.2) is 23.0 Å². The maximum absolute atomic E-state index is 12.9. The number of amides is 1. The summed E-state index contributed by atoms with van der Waals surface area (Å²) in [6, 6.07) is 8.11. The predicted octanol–water partition coefficient (Wildman–Crippen LogP) is 3.77. The van der Waals surface area contributed by atoms with Crippen LogP contribution in [0.2, 0.25) is 0 Å². The van der Waals surface area contributed by atoms with Crippen molar-refractivity contribution >= 4 is 5.91 Å². The van der Waals surface area contributed by atoms with Gasteiger partial charge in [-0.25, -0.2) is 0 Å². The molecule has 4 rings (SSSR count). The summed E-state index contributed by atoms with van der Waals surface area (Å²) in [5.41, 5.74) is 1.16. The second-order valence-electron chi connectivity index (χ2n) is 8.05. The summed E-state index contributed by atoms with van der Waals surface area (Å²) in [6.45, 7) is 5.49. The number of hydrogen-bond acceptors (Lipinski definition) is 2. The molecule has 3 heteroatoms. The highest BCUT2D eigenvalue weighted by Gasteiger charge is 2.57. The fraction of sp³-hybridized carbons (Fsp3) is 0.632. The van der Waals surface area contributed by atoms with Gasteiger partial charge in [0.25, 0.3) is 0 Å². The molecular formula is C19H25NO2. The van der Waals surface area contributed by atoms with Gasteiger partial charge in [0, 0.05) is 18.5 Å². The Balaban J connectivity index is 1.55. The highest BCUT2D eigenvalue weighted by molar-refractivity contribution is 5.78. The second-order valence-corrected chi connectivity index (χ2v) is 8.05. The lowest BCUT2D eigenvalue weighted by molar-refractivity contribution is -0.135. The Kier molecular flexibility index (Phi) is 3.04. The van der Waals surface area contributed by atoms with Gasteiger partial charge in [-0.1, -0.05) is 24.6 Å². The number of carbonyl (C=O) groups excluding carboxylic acids is 1. The molecule has 1 aromatic rings. The zero-order valence-corrected chi connectivity index (χ0v) is 13.6. The van der Waals surface area contributed by atoms with Crippen LogP contribution in [0.5, 0.6) is 5.75 Å². The number of hydrogen-bond donors (Lipinski definition) is 0. The largest absolute Gasteiger partial charge is 0.486 e. The van der Waals surface area contributed by atoms with Crippen molar-refractivity contribution in [2.75, 3.05) is 6.54 Å². The summed E-state index contributed by atoms with van der Waals surface area (Å²) in [6.07, 6.45) is 5.94. The minimum Gasteiger partial charge on any atom is -0.486 e. The molecule has 0 bridgehead atoms. The van der Waals surface area contributed by atoms with Gasteiger partial charge in [0.05, 0.1) is 6.54 Å². The summed E-state index contributed by atoms with van der Waals surface area (Å²) >= 11 is 0. The Labute approximate surface area is 132 Å². The number of para-hydroxylation sites is 1. The molecule has 2 aliphatic carbocycles. The molecule has 0 saturated heterocycles. The van der Waals surface area contributed by atoms with E-state index in [9.17, 15) is 4.79 Å².